The minimum Gasteiger partial charge on any atom is -0.481 e. The van der Waals surface area contributed by atoms with Gasteiger partial charge in [-0.05, 0) is 63.9 Å². The zero-order chi connectivity index (χ0) is 20.1. The summed E-state index contributed by atoms with van der Waals surface area (Å²) in [5.41, 5.74) is 2.53. The first-order valence-electron chi connectivity index (χ1n) is 10.8. The van der Waals surface area contributed by atoms with Crippen molar-refractivity contribution in [2.75, 3.05) is 39.8 Å². The van der Waals surface area contributed by atoms with Crippen molar-refractivity contribution in [3.8, 4) is 5.75 Å². The quantitative estimate of drug-likeness (QED) is 0.815. The van der Waals surface area contributed by atoms with Crippen LogP contribution in [0, 0.1) is 13.8 Å². The van der Waals surface area contributed by atoms with Crippen LogP contribution in [-0.4, -0.2) is 67.1 Å². The third-order valence-corrected chi connectivity index (χ3v) is 6.71. The van der Waals surface area contributed by atoms with Crippen molar-refractivity contribution < 1.29 is 9.53 Å². The zero-order valence-electron chi connectivity index (χ0n) is 18.1. The minimum absolute atomic E-state index is 0.0164. The van der Waals surface area contributed by atoms with E-state index in [0.29, 0.717) is 0 Å². The van der Waals surface area contributed by atoms with Crippen LogP contribution in [-0.2, 0) is 4.79 Å². The van der Waals surface area contributed by atoms with Crippen molar-refractivity contribution in [2.45, 2.75) is 64.5 Å². The maximum Gasteiger partial charge on any atom is 0.260 e. The van der Waals surface area contributed by atoms with E-state index in [1.807, 2.05) is 25.1 Å². The van der Waals surface area contributed by atoms with Gasteiger partial charge < -0.3 is 15.0 Å². The number of hydrogen-bond acceptors (Lipinski definition) is 4. The molecule has 1 aliphatic carbocycles. The minimum atomic E-state index is -0.491. The Bertz CT molecular complexity index is 662. The first-order valence-corrected chi connectivity index (χ1v) is 10.8. The summed E-state index contributed by atoms with van der Waals surface area (Å²) in [6, 6.07) is 5.99. The van der Waals surface area contributed by atoms with Gasteiger partial charge in [-0.25, -0.2) is 0 Å². The highest BCUT2D eigenvalue weighted by molar-refractivity contribution is 5.80. The number of nitrogens with one attached hydrogen (secondary N) is 1. The molecule has 2 fully saturated rings. The summed E-state index contributed by atoms with van der Waals surface area (Å²) in [7, 11) is 2.19. The first kappa shape index (κ1) is 21.1. The molecular weight excluding hydrogens is 350 g/mol. The average Bonchev–Trinajstić information content (AvgIpc) is 2.70. The molecule has 5 heteroatoms. The molecule has 1 N–H and O–H groups in total. The summed E-state index contributed by atoms with van der Waals surface area (Å²) in [5.74, 6) is 0.745. The molecule has 0 radical (unpaired) electrons. The second kappa shape index (κ2) is 9.27. The lowest BCUT2D eigenvalue weighted by Crippen LogP contribution is -2.62. The van der Waals surface area contributed by atoms with Crippen molar-refractivity contribution in [1.82, 2.24) is 15.1 Å². The summed E-state index contributed by atoms with van der Waals surface area (Å²) in [5, 5.41) is 3.23. The Hall–Kier alpha value is -1.59. The Labute approximate surface area is 170 Å². The van der Waals surface area contributed by atoms with Gasteiger partial charge in [0.1, 0.15) is 5.75 Å². The number of hydrogen-bond donors (Lipinski definition) is 1. The van der Waals surface area contributed by atoms with Gasteiger partial charge in [0.15, 0.2) is 6.10 Å². The summed E-state index contributed by atoms with van der Waals surface area (Å²) in [6.45, 7) is 11.1. The van der Waals surface area contributed by atoms with E-state index in [-0.39, 0.29) is 11.4 Å². The molecule has 2 aliphatic rings. The fourth-order valence-electron chi connectivity index (χ4n) is 4.54. The number of ether oxygens (including phenoxy) is 1. The van der Waals surface area contributed by atoms with Crippen LogP contribution in [0.4, 0.5) is 0 Å². The van der Waals surface area contributed by atoms with E-state index in [1.165, 1.54) is 43.2 Å². The molecular formula is C23H37N3O2. The number of aryl methyl sites for hydroxylation is 2. The van der Waals surface area contributed by atoms with E-state index in [0.717, 1.165) is 38.5 Å². The molecule has 0 unspecified atom stereocenters. The molecule has 0 aromatic heterocycles. The van der Waals surface area contributed by atoms with Crippen LogP contribution in [0.3, 0.4) is 0 Å². The largest absolute Gasteiger partial charge is 0.481 e. The number of benzene rings is 1. The van der Waals surface area contributed by atoms with Gasteiger partial charge in [-0.3, -0.25) is 9.69 Å². The predicted octanol–water partition coefficient (Wildman–Crippen LogP) is 3.14. The van der Waals surface area contributed by atoms with Crippen molar-refractivity contribution in [3.63, 3.8) is 0 Å². The van der Waals surface area contributed by atoms with Gasteiger partial charge in [-0.15, -0.1) is 0 Å². The number of carbonyl (C=O) groups is 1. The van der Waals surface area contributed by atoms with E-state index in [9.17, 15) is 4.79 Å². The lowest BCUT2D eigenvalue weighted by molar-refractivity contribution is -0.128. The molecule has 1 saturated heterocycles. The lowest BCUT2D eigenvalue weighted by atomic mass is 9.79. The Kier molecular flexibility index (Phi) is 7.00. The standard InChI is InChI=1S/C23H37N3O2/c1-18-8-9-21(16-19(18)2)28-20(3)22(27)24-17-23(10-6-5-7-11-23)26-14-12-25(4)13-15-26/h8-9,16,20H,5-7,10-15,17H2,1-4H3,(H,24,27)/t20-/m1/s1. The smallest absolute Gasteiger partial charge is 0.260 e. The highest BCUT2D eigenvalue weighted by atomic mass is 16.5. The Morgan fingerprint density at radius 1 is 1.11 bits per heavy atom. The van der Waals surface area contributed by atoms with Crippen LogP contribution in [0.25, 0.3) is 0 Å². The van der Waals surface area contributed by atoms with Gasteiger partial charge in [0.2, 0.25) is 0 Å². The molecule has 1 amide bonds. The van der Waals surface area contributed by atoms with Gasteiger partial charge >= 0.3 is 0 Å². The number of amides is 1. The molecule has 5 nitrogen and oxygen atoms in total. The van der Waals surface area contributed by atoms with E-state index < -0.39 is 6.10 Å². The second-order valence-electron chi connectivity index (χ2n) is 8.80. The van der Waals surface area contributed by atoms with Gasteiger partial charge in [0.05, 0.1) is 0 Å². The Morgan fingerprint density at radius 2 is 1.79 bits per heavy atom. The fraction of sp³-hybridized carbons (Fsp3) is 0.696. The lowest BCUT2D eigenvalue weighted by Gasteiger charge is -2.49. The molecule has 1 atom stereocenters. The Balaban J connectivity index is 1.58. The normalized spacial score (nSPS) is 21.9. The molecule has 1 heterocycles. The van der Waals surface area contributed by atoms with Crippen molar-refractivity contribution >= 4 is 5.91 Å². The predicted molar refractivity (Wildman–Crippen MR) is 114 cm³/mol. The molecule has 0 spiro atoms. The van der Waals surface area contributed by atoms with Crippen LogP contribution < -0.4 is 10.1 Å². The molecule has 1 aromatic carbocycles. The van der Waals surface area contributed by atoms with Crippen LogP contribution in [0.1, 0.15) is 50.2 Å². The number of carbonyl (C=O) groups excluding carboxylic acids is 1. The van der Waals surface area contributed by atoms with Gasteiger partial charge in [0.25, 0.3) is 5.91 Å². The average molecular weight is 388 g/mol. The molecule has 1 aliphatic heterocycles. The maximum atomic E-state index is 12.8. The molecule has 1 aromatic rings. The van der Waals surface area contributed by atoms with Crippen LogP contribution in [0.2, 0.25) is 0 Å². The van der Waals surface area contributed by atoms with Crippen molar-refractivity contribution in [3.05, 3.63) is 29.3 Å². The van der Waals surface area contributed by atoms with E-state index in [1.54, 1.807) is 0 Å². The molecule has 156 valence electrons. The van der Waals surface area contributed by atoms with Crippen molar-refractivity contribution in [1.29, 1.82) is 0 Å². The third kappa shape index (κ3) is 5.06. The SMILES string of the molecule is Cc1ccc(O[C@H](C)C(=O)NCC2(N3CCN(C)CC3)CCCCC2)cc1C. The summed E-state index contributed by atoms with van der Waals surface area (Å²) < 4.78 is 5.91. The monoisotopic (exact) mass is 387 g/mol. The summed E-state index contributed by atoms with van der Waals surface area (Å²) in [6.07, 6.45) is 5.71. The van der Waals surface area contributed by atoms with Crippen molar-refractivity contribution in [2.24, 2.45) is 0 Å². The van der Waals surface area contributed by atoms with Crippen LogP contribution in [0.15, 0.2) is 18.2 Å². The molecule has 1 saturated carbocycles. The highest BCUT2D eigenvalue weighted by Gasteiger charge is 2.39. The topological polar surface area (TPSA) is 44.8 Å². The van der Waals surface area contributed by atoms with Gasteiger partial charge in [-0.1, -0.05) is 25.3 Å². The third-order valence-electron chi connectivity index (χ3n) is 6.71. The Morgan fingerprint density at radius 3 is 2.43 bits per heavy atom. The molecule has 3 rings (SSSR count). The van der Waals surface area contributed by atoms with Crippen LogP contribution in [0.5, 0.6) is 5.75 Å². The first-order chi connectivity index (χ1) is 13.4. The summed E-state index contributed by atoms with van der Waals surface area (Å²) >= 11 is 0. The number of nitrogens with zero attached hydrogens (tertiary/aromatic N) is 2. The molecule has 28 heavy (non-hydrogen) atoms. The van der Waals surface area contributed by atoms with Gasteiger partial charge in [-0.2, -0.15) is 0 Å². The number of rotatable bonds is 6. The fourth-order valence-corrected chi connectivity index (χ4v) is 4.54. The van der Waals surface area contributed by atoms with E-state index in [4.69, 9.17) is 4.74 Å². The summed E-state index contributed by atoms with van der Waals surface area (Å²) in [4.78, 5) is 17.8. The number of piperazine rings is 1. The van der Waals surface area contributed by atoms with Gasteiger partial charge in [0, 0.05) is 38.3 Å². The zero-order valence-corrected chi connectivity index (χ0v) is 18.1. The number of likely N-dealkylation sites (N-methyl/N-ethyl adjacent to an activating group) is 1. The highest BCUT2D eigenvalue weighted by Crippen LogP contribution is 2.34. The maximum absolute atomic E-state index is 12.8. The van der Waals surface area contributed by atoms with E-state index >= 15 is 0 Å². The van der Waals surface area contributed by atoms with E-state index in [2.05, 4.69) is 36.0 Å². The second-order valence-corrected chi connectivity index (χ2v) is 8.80. The molecule has 0 bridgehead atoms. The van der Waals surface area contributed by atoms with Crippen LogP contribution >= 0.6 is 0 Å².